The number of carbonyl (C=O) groups excluding carboxylic acids is 2. The molecule has 11 heteroatoms. The second-order valence-electron chi connectivity index (χ2n) is 13.8. The smallest absolute Gasteiger partial charge is 0.254 e. The molecule has 7 rings (SSSR count). The third-order valence-corrected chi connectivity index (χ3v) is 12.2. The van der Waals surface area contributed by atoms with E-state index in [0.717, 1.165) is 38.5 Å². The molecule has 4 aromatic carbocycles. The largest absolute Gasteiger partial charge is 0.361 e. The number of H-pyrrole nitrogens is 2. The molecule has 2 aromatic heterocycles. The number of piperazine rings is 1. The van der Waals surface area contributed by atoms with E-state index in [4.69, 9.17) is 0 Å². The molecule has 1 aliphatic heterocycles. The number of amides is 2. The van der Waals surface area contributed by atoms with Crippen LogP contribution in [0.25, 0.3) is 21.8 Å². The molecule has 10 nitrogen and oxygen atoms in total. The Kier molecular flexibility index (Phi) is 11.0. The lowest BCUT2D eigenvalue weighted by atomic mass is 10.0. The lowest BCUT2D eigenvalue weighted by molar-refractivity contribution is 0.0709. The Morgan fingerprint density at radius 3 is 1.79 bits per heavy atom. The van der Waals surface area contributed by atoms with E-state index in [1.165, 1.54) is 0 Å². The number of benzene rings is 4. The van der Waals surface area contributed by atoms with Gasteiger partial charge in [0.25, 0.3) is 11.8 Å². The van der Waals surface area contributed by atoms with Crippen LogP contribution in [0.4, 0.5) is 0 Å². The van der Waals surface area contributed by atoms with Crippen molar-refractivity contribution in [2.75, 3.05) is 59.4 Å². The fraction of sp³-hybridized carbons (Fsp3) is 0.286. The van der Waals surface area contributed by atoms with Gasteiger partial charge < -0.3 is 19.8 Å². The van der Waals surface area contributed by atoms with Gasteiger partial charge in [0, 0.05) is 93.6 Å². The first-order valence-electron chi connectivity index (χ1n) is 18.2. The monoisotopic (exact) mass is 730 g/mol. The number of likely N-dealkylation sites (N-methyl/N-ethyl adjacent to an activating group) is 1. The van der Waals surface area contributed by atoms with Crippen LogP contribution < -0.4 is 0 Å². The van der Waals surface area contributed by atoms with E-state index in [1.54, 1.807) is 34.5 Å². The lowest BCUT2D eigenvalue weighted by Gasteiger charge is -2.35. The quantitative estimate of drug-likeness (QED) is 0.147. The number of nitrogens with one attached hydrogen (secondary N) is 2. The second-order valence-corrected chi connectivity index (χ2v) is 15.7. The molecule has 0 radical (unpaired) electrons. The number of para-hydroxylation sites is 2. The van der Waals surface area contributed by atoms with Gasteiger partial charge in [-0.25, -0.2) is 8.42 Å². The number of aromatic amines is 2. The Labute approximate surface area is 311 Å². The van der Waals surface area contributed by atoms with E-state index < -0.39 is 10.0 Å². The van der Waals surface area contributed by atoms with Crippen LogP contribution in [-0.4, -0.2) is 109 Å². The maximum atomic E-state index is 14.5. The highest BCUT2D eigenvalue weighted by atomic mass is 32.2. The molecule has 0 aliphatic carbocycles. The molecular weight excluding hydrogens is 685 g/mol. The summed E-state index contributed by atoms with van der Waals surface area (Å²) in [7, 11) is -1.65. The van der Waals surface area contributed by atoms with Crippen molar-refractivity contribution in [1.82, 2.24) is 29.0 Å². The number of aromatic nitrogens is 2. The maximum Gasteiger partial charge on any atom is 0.254 e. The Morgan fingerprint density at radius 1 is 0.642 bits per heavy atom. The minimum Gasteiger partial charge on any atom is -0.361 e. The Balaban J connectivity index is 1.04. The zero-order chi connectivity index (χ0) is 36.8. The minimum atomic E-state index is -3.44. The molecule has 2 amide bonds. The van der Waals surface area contributed by atoms with Crippen molar-refractivity contribution in [3.05, 3.63) is 143 Å². The van der Waals surface area contributed by atoms with Crippen molar-refractivity contribution in [3.63, 3.8) is 0 Å². The van der Waals surface area contributed by atoms with Crippen LogP contribution in [0.1, 0.15) is 37.4 Å². The average Bonchev–Trinajstić information content (AvgIpc) is 3.81. The molecule has 274 valence electrons. The highest BCUT2D eigenvalue weighted by Gasteiger charge is 2.29. The highest BCUT2D eigenvalue weighted by Crippen LogP contribution is 2.22. The molecule has 2 N–H and O–H groups in total. The molecular formula is C42H46N6O4S. The van der Waals surface area contributed by atoms with Crippen molar-refractivity contribution in [3.8, 4) is 0 Å². The van der Waals surface area contributed by atoms with E-state index in [2.05, 4.69) is 27.0 Å². The molecule has 0 spiro atoms. The summed E-state index contributed by atoms with van der Waals surface area (Å²) in [6, 6.07) is 32.6. The summed E-state index contributed by atoms with van der Waals surface area (Å²) in [6.45, 7) is 3.96. The summed E-state index contributed by atoms with van der Waals surface area (Å²) in [4.78, 5) is 40.8. The van der Waals surface area contributed by atoms with Gasteiger partial charge in [-0.1, -0.05) is 78.9 Å². The molecule has 3 heterocycles. The van der Waals surface area contributed by atoms with Crippen LogP contribution in [0.15, 0.2) is 116 Å². The molecule has 0 unspecified atom stereocenters. The van der Waals surface area contributed by atoms with E-state index in [-0.39, 0.29) is 17.6 Å². The molecule has 0 bridgehead atoms. The normalized spacial score (nSPS) is 14.1. The van der Waals surface area contributed by atoms with Crippen LogP contribution in [0.3, 0.4) is 0 Å². The number of hydrogen-bond donors (Lipinski definition) is 2. The highest BCUT2D eigenvalue weighted by molar-refractivity contribution is 7.88. The van der Waals surface area contributed by atoms with E-state index in [0.29, 0.717) is 76.3 Å². The second kappa shape index (κ2) is 16.2. The molecule has 0 atom stereocenters. The summed E-state index contributed by atoms with van der Waals surface area (Å²) in [5, 5.41) is 2.27. The summed E-state index contributed by atoms with van der Waals surface area (Å²) in [6.07, 6.45) is 5.32. The average molecular weight is 731 g/mol. The van der Waals surface area contributed by atoms with E-state index >= 15 is 0 Å². The molecule has 6 aromatic rings. The first-order chi connectivity index (χ1) is 25.8. The zero-order valence-corrected chi connectivity index (χ0v) is 30.9. The number of hydrogen-bond acceptors (Lipinski definition) is 5. The first kappa shape index (κ1) is 36.1. The van der Waals surface area contributed by atoms with E-state index in [9.17, 15) is 18.0 Å². The Hall–Kier alpha value is -5.23. The fourth-order valence-corrected chi connectivity index (χ4v) is 8.75. The third kappa shape index (κ3) is 8.38. The molecule has 53 heavy (non-hydrogen) atoms. The molecule has 1 fully saturated rings. The third-order valence-electron chi connectivity index (χ3n) is 10.3. The van der Waals surface area contributed by atoms with Gasteiger partial charge in [-0.2, -0.15) is 4.31 Å². The summed E-state index contributed by atoms with van der Waals surface area (Å²) in [5.74, 6) is -0.401. The Bertz CT molecular complexity index is 2290. The minimum absolute atomic E-state index is 0.0136. The number of carbonyl (C=O) groups is 2. The molecule has 0 saturated carbocycles. The van der Waals surface area contributed by atoms with Crippen molar-refractivity contribution < 1.29 is 18.0 Å². The van der Waals surface area contributed by atoms with Gasteiger partial charge in [-0.3, -0.25) is 14.5 Å². The van der Waals surface area contributed by atoms with Crippen molar-refractivity contribution in [1.29, 1.82) is 0 Å². The number of fused-ring (bicyclic) bond motifs is 2. The Morgan fingerprint density at radius 2 is 1.17 bits per heavy atom. The SMILES string of the molecule is CN(CCc1c[nH]c2ccccc12)C(=O)c1ccccc1C(=O)N(CCc1c[nH]c2ccccc12)CCN1CCN(S(=O)(=O)Cc2ccccc2)CC1. The van der Waals surface area contributed by atoms with Crippen molar-refractivity contribution in [2.24, 2.45) is 0 Å². The van der Waals surface area contributed by atoms with Crippen LogP contribution in [0.2, 0.25) is 0 Å². The zero-order valence-electron chi connectivity index (χ0n) is 30.1. The van der Waals surface area contributed by atoms with Crippen molar-refractivity contribution >= 4 is 43.6 Å². The summed E-state index contributed by atoms with van der Waals surface area (Å²) >= 11 is 0. The van der Waals surface area contributed by atoms with E-state index in [1.807, 2.05) is 90.1 Å². The maximum absolute atomic E-state index is 14.5. The van der Waals surface area contributed by atoms with Crippen LogP contribution in [0.5, 0.6) is 0 Å². The van der Waals surface area contributed by atoms with Gasteiger partial charge in [-0.15, -0.1) is 0 Å². The number of nitrogens with zero attached hydrogens (tertiary/aromatic N) is 4. The summed E-state index contributed by atoms with van der Waals surface area (Å²) < 4.78 is 27.9. The number of rotatable bonds is 14. The predicted octanol–water partition coefficient (Wildman–Crippen LogP) is 5.80. The van der Waals surface area contributed by atoms with Crippen LogP contribution in [0, 0.1) is 0 Å². The van der Waals surface area contributed by atoms with Gasteiger partial charge in [0.15, 0.2) is 0 Å². The van der Waals surface area contributed by atoms with Gasteiger partial charge in [0.05, 0.1) is 16.9 Å². The van der Waals surface area contributed by atoms with Crippen LogP contribution >= 0.6 is 0 Å². The van der Waals surface area contributed by atoms with Crippen molar-refractivity contribution in [2.45, 2.75) is 18.6 Å². The predicted molar refractivity (Wildman–Crippen MR) is 210 cm³/mol. The first-order valence-corrected chi connectivity index (χ1v) is 19.9. The summed E-state index contributed by atoms with van der Waals surface area (Å²) in [5.41, 5.74) is 5.92. The lowest BCUT2D eigenvalue weighted by Crippen LogP contribution is -2.51. The topological polar surface area (TPSA) is 113 Å². The standard InChI is InChI=1S/C42H46N6O4S/c1-45(21-19-33-29-43-39-17-9-7-13-35(33)39)41(49)37-15-5-6-16-38(37)42(50)47(22-20-34-30-44-40-18-10-8-14-36(34)40)26-23-46-24-27-48(28-25-46)53(51,52)31-32-11-3-2-4-12-32/h2-18,29-30,43-44H,19-28,31H2,1H3. The van der Waals surface area contributed by atoms with Gasteiger partial charge in [-0.05, 0) is 53.8 Å². The van der Waals surface area contributed by atoms with Crippen LogP contribution in [-0.2, 0) is 28.6 Å². The van der Waals surface area contributed by atoms with Gasteiger partial charge >= 0.3 is 0 Å². The van der Waals surface area contributed by atoms with Gasteiger partial charge in [0.2, 0.25) is 10.0 Å². The molecule has 1 saturated heterocycles. The van der Waals surface area contributed by atoms with Gasteiger partial charge in [0.1, 0.15) is 0 Å². The molecule has 1 aliphatic rings. The fourth-order valence-electron chi connectivity index (χ4n) is 7.24. The number of sulfonamides is 1.